The van der Waals surface area contributed by atoms with Gasteiger partial charge >= 0.3 is 6.18 Å². The maximum absolute atomic E-state index is 13.1. The summed E-state index contributed by atoms with van der Waals surface area (Å²) in [6.45, 7) is -1.07. The molecule has 3 nitrogen and oxygen atoms in total. The predicted octanol–water partition coefficient (Wildman–Crippen LogP) is 2.71. The topological polar surface area (TPSA) is 43.8 Å². The number of nitrogens with zero attached hydrogens (tertiary/aromatic N) is 2. The van der Waals surface area contributed by atoms with Crippen LogP contribution in [0.4, 0.5) is 17.6 Å². The number of hydrogen-bond donors (Lipinski definition) is 1. The van der Waals surface area contributed by atoms with E-state index in [0.717, 1.165) is 4.68 Å². The molecule has 1 heterocycles. The zero-order chi connectivity index (χ0) is 14.0. The number of alkyl halides is 3. The minimum Gasteiger partial charge on any atom is -0.326 e. The van der Waals surface area contributed by atoms with Gasteiger partial charge < -0.3 is 5.73 Å². The van der Waals surface area contributed by atoms with Crippen molar-refractivity contribution in [3.8, 4) is 11.1 Å². The maximum atomic E-state index is 13.1. The molecule has 0 spiro atoms. The van der Waals surface area contributed by atoms with Gasteiger partial charge in [0, 0.05) is 18.3 Å². The van der Waals surface area contributed by atoms with Gasteiger partial charge in [-0.25, -0.2) is 4.39 Å². The minimum absolute atomic E-state index is 0.0948. The molecule has 0 fully saturated rings. The van der Waals surface area contributed by atoms with Crippen molar-refractivity contribution < 1.29 is 17.6 Å². The molecular weight excluding hydrogens is 262 g/mol. The van der Waals surface area contributed by atoms with Crippen molar-refractivity contribution in [2.24, 2.45) is 5.73 Å². The summed E-state index contributed by atoms with van der Waals surface area (Å²) in [5.74, 6) is -0.438. The Hall–Kier alpha value is -1.89. The Morgan fingerprint density at radius 1 is 1.26 bits per heavy atom. The Morgan fingerprint density at radius 3 is 2.63 bits per heavy atom. The first-order valence-electron chi connectivity index (χ1n) is 5.47. The average molecular weight is 273 g/mol. The molecule has 1 aromatic heterocycles. The summed E-state index contributed by atoms with van der Waals surface area (Å²) in [5, 5.41) is 3.64. The molecule has 0 saturated heterocycles. The lowest BCUT2D eigenvalue weighted by molar-refractivity contribution is -0.142. The Bertz CT molecular complexity index is 575. The molecule has 0 atom stereocenters. The van der Waals surface area contributed by atoms with E-state index in [-0.39, 0.29) is 6.54 Å². The molecule has 19 heavy (non-hydrogen) atoms. The van der Waals surface area contributed by atoms with Gasteiger partial charge in [-0.3, -0.25) is 4.68 Å². The van der Waals surface area contributed by atoms with Crippen LogP contribution in [0.1, 0.15) is 5.56 Å². The van der Waals surface area contributed by atoms with Crippen LogP contribution in [0.25, 0.3) is 11.1 Å². The van der Waals surface area contributed by atoms with E-state index in [4.69, 9.17) is 5.73 Å². The second-order valence-corrected chi connectivity index (χ2v) is 4.05. The van der Waals surface area contributed by atoms with Gasteiger partial charge in [-0.15, -0.1) is 0 Å². The highest BCUT2D eigenvalue weighted by molar-refractivity contribution is 5.66. The van der Waals surface area contributed by atoms with Gasteiger partial charge in [0.1, 0.15) is 12.4 Å². The molecule has 102 valence electrons. The fraction of sp³-hybridized carbons (Fsp3) is 0.250. The molecule has 0 aliphatic carbocycles. The summed E-state index contributed by atoms with van der Waals surface area (Å²) in [5.41, 5.74) is 7.07. The van der Waals surface area contributed by atoms with Crippen LogP contribution in [0, 0.1) is 5.82 Å². The average Bonchev–Trinajstić information content (AvgIpc) is 2.74. The first-order chi connectivity index (χ1) is 8.89. The SMILES string of the molecule is NCc1cc(F)ccc1-c1cnn(CC(F)(F)F)c1. The smallest absolute Gasteiger partial charge is 0.326 e. The summed E-state index contributed by atoms with van der Waals surface area (Å²) in [6, 6.07) is 3.97. The van der Waals surface area contributed by atoms with Gasteiger partial charge in [-0.05, 0) is 23.3 Å². The van der Waals surface area contributed by atoms with Crippen LogP contribution in [-0.2, 0) is 13.1 Å². The molecular formula is C12H11F4N3. The summed E-state index contributed by atoms with van der Waals surface area (Å²) in [4.78, 5) is 0. The summed E-state index contributed by atoms with van der Waals surface area (Å²) >= 11 is 0. The van der Waals surface area contributed by atoms with Gasteiger partial charge in [-0.2, -0.15) is 18.3 Å². The van der Waals surface area contributed by atoms with E-state index in [1.54, 1.807) is 0 Å². The maximum Gasteiger partial charge on any atom is 0.408 e. The van der Waals surface area contributed by atoms with Crippen LogP contribution in [-0.4, -0.2) is 16.0 Å². The van der Waals surface area contributed by atoms with Crippen molar-refractivity contribution in [2.45, 2.75) is 19.3 Å². The number of aromatic nitrogens is 2. The number of benzene rings is 1. The van der Waals surface area contributed by atoms with Crippen LogP contribution in [0.3, 0.4) is 0 Å². The largest absolute Gasteiger partial charge is 0.408 e. The zero-order valence-electron chi connectivity index (χ0n) is 9.78. The van der Waals surface area contributed by atoms with E-state index in [2.05, 4.69) is 5.10 Å². The molecule has 0 saturated carbocycles. The van der Waals surface area contributed by atoms with Crippen molar-refractivity contribution >= 4 is 0 Å². The number of halogens is 4. The molecule has 7 heteroatoms. The van der Waals surface area contributed by atoms with Crippen LogP contribution < -0.4 is 5.73 Å². The third-order valence-corrected chi connectivity index (χ3v) is 2.57. The molecule has 1 aromatic carbocycles. The lowest BCUT2D eigenvalue weighted by Gasteiger charge is -2.06. The number of nitrogens with two attached hydrogens (primary N) is 1. The molecule has 0 radical (unpaired) electrons. The fourth-order valence-electron chi connectivity index (χ4n) is 1.79. The van der Waals surface area contributed by atoms with Gasteiger partial charge in [-0.1, -0.05) is 6.07 Å². The van der Waals surface area contributed by atoms with E-state index in [0.29, 0.717) is 16.7 Å². The first kappa shape index (κ1) is 13.5. The van der Waals surface area contributed by atoms with E-state index < -0.39 is 18.5 Å². The van der Waals surface area contributed by atoms with Crippen molar-refractivity contribution in [3.63, 3.8) is 0 Å². The summed E-state index contributed by atoms with van der Waals surface area (Å²) in [6.07, 6.45) is -1.76. The van der Waals surface area contributed by atoms with Gasteiger partial charge in [0.2, 0.25) is 0 Å². The van der Waals surface area contributed by atoms with Crippen molar-refractivity contribution in [1.82, 2.24) is 9.78 Å². The summed E-state index contributed by atoms with van der Waals surface area (Å²) in [7, 11) is 0. The summed E-state index contributed by atoms with van der Waals surface area (Å²) < 4.78 is 50.5. The molecule has 0 amide bonds. The Morgan fingerprint density at radius 2 is 2.00 bits per heavy atom. The quantitative estimate of drug-likeness (QED) is 0.874. The van der Waals surface area contributed by atoms with E-state index in [1.807, 2.05) is 0 Å². The molecule has 2 aromatic rings. The van der Waals surface area contributed by atoms with Gasteiger partial charge in [0.15, 0.2) is 0 Å². The number of rotatable bonds is 3. The lowest BCUT2D eigenvalue weighted by atomic mass is 10.0. The highest BCUT2D eigenvalue weighted by Gasteiger charge is 2.28. The van der Waals surface area contributed by atoms with Crippen LogP contribution >= 0.6 is 0 Å². The highest BCUT2D eigenvalue weighted by Crippen LogP contribution is 2.25. The van der Waals surface area contributed by atoms with Crippen LogP contribution in [0.5, 0.6) is 0 Å². The molecule has 0 bridgehead atoms. The van der Waals surface area contributed by atoms with Crippen molar-refractivity contribution in [1.29, 1.82) is 0 Å². The van der Waals surface area contributed by atoms with Gasteiger partial charge in [0.05, 0.1) is 6.20 Å². The van der Waals surface area contributed by atoms with Crippen molar-refractivity contribution in [3.05, 3.63) is 42.0 Å². The normalized spacial score (nSPS) is 11.8. The molecule has 0 unspecified atom stereocenters. The molecule has 2 N–H and O–H groups in total. The lowest BCUT2D eigenvalue weighted by Crippen LogP contribution is -2.17. The highest BCUT2D eigenvalue weighted by atomic mass is 19.4. The predicted molar refractivity (Wildman–Crippen MR) is 61.6 cm³/mol. The minimum atomic E-state index is -4.33. The van der Waals surface area contributed by atoms with Crippen molar-refractivity contribution in [2.75, 3.05) is 0 Å². The second-order valence-electron chi connectivity index (χ2n) is 4.05. The van der Waals surface area contributed by atoms with E-state index in [1.165, 1.54) is 30.6 Å². The monoisotopic (exact) mass is 273 g/mol. The third kappa shape index (κ3) is 3.31. The third-order valence-electron chi connectivity index (χ3n) is 2.57. The Labute approximate surface area is 106 Å². The molecule has 2 rings (SSSR count). The van der Waals surface area contributed by atoms with E-state index in [9.17, 15) is 17.6 Å². The standard InChI is InChI=1S/C12H11F4N3/c13-10-1-2-11(8(3-10)4-17)9-5-18-19(6-9)7-12(14,15)16/h1-3,5-6H,4,7,17H2. The fourth-order valence-corrected chi connectivity index (χ4v) is 1.79. The Kier molecular flexibility index (Phi) is 3.57. The van der Waals surface area contributed by atoms with E-state index >= 15 is 0 Å². The second kappa shape index (κ2) is 5.00. The van der Waals surface area contributed by atoms with Gasteiger partial charge in [0.25, 0.3) is 0 Å². The molecule has 0 aliphatic rings. The van der Waals surface area contributed by atoms with Crippen LogP contribution in [0.2, 0.25) is 0 Å². The Balaban J connectivity index is 2.33. The zero-order valence-corrected chi connectivity index (χ0v) is 9.78. The first-order valence-corrected chi connectivity index (χ1v) is 5.47. The number of hydrogen-bond acceptors (Lipinski definition) is 2. The van der Waals surface area contributed by atoms with Crippen LogP contribution in [0.15, 0.2) is 30.6 Å². The molecule has 0 aliphatic heterocycles.